The summed E-state index contributed by atoms with van der Waals surface area (Å²) in [7, 11) is 0. The van der Waals surface area contributed by atoms with E-state index < -0.39 is 34.9 Å². The standard InChI is InChI=1S/C15H11FN2O5/c16-11-6-2-3-7-12(11)17-14(19)9-23-15(20)10-5-1-4-8-13(10)18(21)22/h1-8H,9H2,(H,17,19). The van der Waals surface area contributed by atoms with Crippen molar-refractivity contribution < 1.29 is 23.6 Å². The van der Waals surface area contributed by atoms with E-state index in [1.807, 2.05) is 0 Å². The van der Waals surface area contributed by atoms with Gasteiger partial charge in [0.25, 0.3) is 11.6 Å². The maximum atomic E-state index is 13.4. The van der Waals surface area contributed by atoms with Crippen LogP contribution in [0.15, 0.2) is 48.5 Å². The number of amides is 1. The van der Waals surface area contributed by atoms with E-state index in [2.05, 4.69) is 5.32 Å². The third-order valence-corrected chi connectivity index (χ3v) is 2.80. The Morgan fingerprint density at radius 3 is 2.48 bits per heavy atom. The predicted octanol–water partition coefficient (Wildman–Crippen LogP) is 2.53. The van der Waals surface area contributed by atoms with Crippen LogP contribution >= 0.6 is 0 Å². The van der Waals surface area contributed by atoms with Crippen LogP contribution in [-0.2, 0) is 9.53 Å². The second kappa shape index (κ2) is 7.12. The first kappa shape index (κ1) is 16.1. The molecule has 2 aromatic rings. The number of carbonyl (C=O) groups excluding carboxylic acids is 2. The highest BCUT2D eigenvalue weighted by molar-refractivity contribution is 5.97. The molecule has 23 heavy (non-hydrogen) atoms. The molecule has 0 atom stereocenters. The number of nitro benzene ring substituents is 1. The SMILES string of the molecule is O=C(COC(=O)c1ccccc1[N+](=O)[O-])Nc1ccccc1F. The molecule has 0 saturated carbocycles. The summed E-state index contributed by atoms with van der Waals surface area (Å²) in [5.74, 6) is -2.41. The molecule has 0 aliphatic rings. The number of nitrogens with zero attached hydrogens (tertiary/aromatic N) is 1. The molecule has 2 aromatic carbocycles. The van der Waals surface area contributed by atoms with Crippen LogP contribution < -0.4 is 5.32 Å². The highest BCUT2D eigenvalue weighted by Gasteiger charge is 2.21. The Kier molecular flexibility index (Phi) is 4.98. The van der Waals surface area contributed by atoms with E-state index >= 15 is 0 Å². The fourth-order valence-corrected chi connectivity index (χ4v) is 1.76. The van der Waals surface area contributed by atoms with E-state index in [0.717, 1.165) is 12.1 Å². The van der Waals surface area contributed by atoms with Gasteiger partial charge in [0.2, 0.25) is 0 Å². The normalized spacial score (nSPS) is 9.96. The molecular formula is C15H11FN2O5. The van der Waals surface area contributed by atoms with Gasteiger partial charge >= 0.3 is 5.97 Å². The third kappa shape index (κ3) is 4.10. The number of anilines is 1. The zero-order valence-electron chi connectivity index (χ0n) is 11.7. The molecule has 0 bridgehead atoms. The molecule has 0 fully saturated rings. The Labute approximate surface area is 129 Å². The molecule has 0 unspecified atom stereocenters. The summed E-state index contributed by atoms with van der Waals surface area (Å²) in [4.78, 5) is 33.5. The summed E-state index contributed by atoms with van der Waals surface area (Å²) in [5, 5.41) is 13.0. The molecule has 0 aliphatic carbocycles. The van der Waals surface area contributed by atoms with Crippen molar-refractivity contribution in [1.82, 2.24) is 0 Å². The first-order valence-electron chi connectivity index (χ1n) is 6.44. The number of para-hydroxylation sites is 2. The van der Waals surface area contributed by atoms with Crippen molar-refractivity contribution in [2.45, 2.75) is 0 Å². The number of carbonyl (C=O) groups is 2. The van der Waals surface area contributed by atoms with Crippen molar-refractivity contribution in [3.05, 3.63) is 70.0 Å². The summed E-state index contributed by atoms with van der Waals surface area (Å²) in [6, 6.07) is 10.7. The van der Waals surface area contributed by atoms with Crippen molar-refractivity contribution in [3.8, 4) is 0 Å². The van der Waals surface area contributed by atoms with Crippen molar-refractivity contribution >= 4 is 23.3 Å². The number of benzene rings is 2. The zero-order chi connectivity index (χ0) is 16.8. The van der Waals surface area contributed by atoms with Gasteiger partial charge in [0.1, 0.15) is 11.4 Å². The number of halogens is 1. The van der Waals surface area contributed by atoms with E-state index in [-0.39, 0.29) is 11.3 Å². The number of ether oxygens (including phenoxy) is 1. The molecule has 118 valence electrons. The fraction of sp³-hybridized carbons (Fsp3) is 0.0667. The third-order valence-electron chi connectivity index (χ3n) is 2.80. The minimum atomic E-state index is -1.01. The van der Waals surface area contributed by atoms with Crippen LogP contribution in [0.2, 0.25) is 0 Å². The monoisotopic (exact) mass is 318 g/mol. The van der Waals surface area contributed by atoms with Crippen molar-refractivity contribution in [1.29, 1.82) is 0 Å². The summed E-state index contributed by atoms with van der Waals surface area (Å²) in [6.07, 6.45) is 0. The van der Waals surface area contributed by atoms with E-state index in [1.54, 1.807) is 0 Å². The van der Waals surface area contributed by atoms with Crippen molar-refractivity contribution in [2.75, 3.05) is 11.9 Å². The van der Waals surface area contributed by atoms with E-state index in [1.165, 1.54) is 36.4 Å². The Hall–Kier alpha value is -3.29. The van der Waals surface area contributed by atoms with Gasteiger partial charge in [0.05, 0.1) is 10.6 Å². The second-order valence-corrected chi connectivity index (χ2v) is 4.38. The van der Waals surface area contributed by atoms with Crippen LogP contribution in [0, 0.1) is 15.9 Å². The summed E-state index contributed by atoms with van der Waals surface area (Å²) >= 11 is 0. The molecule has 8 heteroatoms. The average Bonchev–Trinajstić information content (AvgIpc) is 2.54. The van der Waals surface area contributed by atoms with Crippen LogP contribution in [0.3, 0.4) is 0 Å². The molecule has 0 spiro atoms. The summed E-state index contributed by atoms with van der Waals surface area (Å²) in [5.41, 5.74) is -0.748. The minimum absolute atomic E-state index is 0.0563. The molecular weight excluding hydrogens is 307 g/mol. The predicted molar refractivity (Wildman–Crippen MR) is 78.4 cm³/mol. The molecule has 2 rings (SSSR count). The first-order chi connectivity index (χ1) is 11.0. The van der Waals surface area contributed by atoms with Gasteiger partial charge in [-0.2, -0.15) is 0 Å². The quantitative estimate of drug-likeness (QED) is 0.519. The highest BCUT2D eigenvalue weighted by Crippen LogP contribution is 2.18. The average molecular weight is 318 g/mol. The lowest BCUT2D eigenvalue weighted by molar-refractivity contribution is -0.385. The van der Waals surface area contributed by atoms with E-state index in [4.69, 9.17) is 4.74 Å². The zero-order valence-corrected chi connectivity index (χ0v) is 11.7. The van der Waals surface area contributed by atoms with Gasteiger partial charge in [0.15, 0.2) is 6.61 Å². The van der Waals surface area contributed by atoms with Crippen LogP contribution in [0.4, 0.5) is 15.8 Å². The maximum absolute atomic E-state index is 13.4. The van der Waals surface area contributed by atoms with Crippen molar-refractivity contribution in [2.24, 2.45) is 0 Å². The Morgan fingerprint density at radius 1 is 1.13 bits per heavy atom. The Bertz CT molecular complexity index is 763. The topological polar surface area (TPSA) is 98.5 Å². The van der Waals surface area contributed by atoms with Gasteiger partial charge in [-0.05, 0) is 18.2 Å². The molecule has 0 heterocycles. The van der Waals surface area contributed by atoms with E-state index in [0.29, 0.717) is 0 Å². The number of hydrogen-bond acceptors (Lipinski definition) is 5. The molecule has 7 nitrogen and oxygen atoms in total. The largest absolute Gasteiger partial charge is 0.452 e. The Morgan fingerprint density at radius 2 is 1.78 bits per heavy atom. The maximum Gasteiger partial charge on any atom is 0.345 e. The molecule has 0 radical (unpaired) electrons. The van der Waals surface area contributed by atoms with Crippen LogP contribution in [0.1, 0.15) is 10.4 Å². The summed E-state index contributed by atoms with van der Waals surface area (Å²) < 4.78 is 18.1. The number of rotatable bonds is 5. The highest BCUT2D eigenvalue weighted by atomic mass is 19.1. The van der Waals surface area contributed by atoms with Gasteiger partial charge in [0, 0.05) is 6.07 Å². The molecule has 1 amide bonds. The molecule has 0 saturated heterocycles. The minimum Gasteiger partial charge on any atom is -0.452 e. The number of nitro groups is 1. The van der Waals surface area contributed by atoms with Gasteiger partial charge < -0.3 is 10.1 Å². The van der Waals surface area contributed by atoms with Crippen LogP contribution in [0.25, 0.3) is 0 Å². The van der Waals surface area contributed by atoms with Crippen LogP contribution in [0.5, 0.6) is 0 Å². The molecule has 0 aromatic heterocycles. The second-order valence-electron chi connectivity index (χ2n) is 4.38. The van der Waals surface area contributed by atoms with Gasteiger partial charge in [-0.1, -0.05) is 24.3 Å². The number of nitrogens with one attached hydrogen (secondary N) is 1. The fourth-order valence-electron chi connectivity index (χ4n) is 1.76. The van der Waals surface area contributed by atoms with Gasteiger partial charge in [-0.15, -0.1) is 0 Å². The number of hydrogen-bond donors (Lipinski definition) is 1. The Balaban J connectivity index is 1.98. The number of esters is 1. The molecule has 0 aliphatic heterocycles. The first-order valence-corrected chi connectivity index (χ1v) is 6.44. The summed E-state index contributed by atoms with van der Waals surface area (Å²) in [6.45, 7) is -0.695. The van der Waals surface area contributed by atoms with Crippen LogP contribution in [-0.4, -0.2) is 23.4 Å². The van der Waals surface area contributed by atoms with Gasteiger partial charge in [-0.25, -0.2) is 9.18 Å². The lowest BCUT2D eigenvalue weighted by Crippen LogP contribution is -2.21. The molecule has 1 N–H and O–H groups in total. The van der Waals surface area contributed by atoms with Crippen molar-refractivity contribution in [3.63, 3.8) is 0 Å². The smallest absolute Gasteiger partial charge is 0.345 e. The lowest BCUT2D eigenvalue weighted by atomic mass is 10.2. The lowest BCUT2D eigenvalue weighted by Gasteiger charge is -2.07. The van der Waals surface area contributed by atoms with Gasteiger partial charge in [-0.3, -0.25) is 14.9 Å². The van der Waals surface area contributed by atoms with E-state index in [9.17, 15) is 24.1 Å².